The molecule has 0 saturated heterocycles. The summed E-state index contributed by atoms with van der Waals surface area (Å²) in [6.45, 7) is 9.54. The first-order chi connectivity index (χ1) is 7.63. The van der Waals surface area contributed by atoms with Crippen LogP contribution in [-0.2, 0) is 0 Å². The Bertz CT molecular complexity index is 202. The molecule has 0 aromatic carbocycles. The average Bonchev–Trinajstić information content (AvgIpc) is 2.26. The van der Waals surface area contributed by atoms with E-state index in [2.05, 4.69) is 39.8 Å². The monoisotopic (exact) mass is 222 g/mol. The van der Waals surface area contributed by atoms with E-state index >= 15 is 0 Å². The van der Waals surface area contributed by atoms with Crippen molar-refractivity contribution in [2.75, 3.05) is 0 Å². The van der Waals surface area contributed by atoms with E-state index in [0.29, 0.717) is 0 Å². The molecule has 0 aliphatic heterocycles. The van der Waals surface area contributed by atoms with Crippen LogP contribution < -0.4 is 0 Å². The van der Waals surface area contributed by atoms with Gasteiger partial charge in [-0.25, -0.2) is 0 Å². The molecule has 0 radical (unpaired) electrons. The van der Waals surface area contributed by atoms with Crippen molar-refractivity contribution in [2.45, 2.75) is 66.2 Å². The first-order valence-electron chi connectivity index (χ1n) is 7.30. The van der Waals surface area contributed by atoms with Crippen LogP contribution in [0.15, 0.2) is 12.2 Å². The summed E-state index contributed by atoms with van der Waals surface area (Å²) >= 11 is 0. The molecule has 1 aliphatic carbocycles. The lowest BCUT2D eigenvalue weighted by atomic mass is 9.81. The molecular formula is C16H30. The van der Waals surface area contributed by atoms with Crippen molar-refractivity contribution in [1.29, 1.82) is 0 Å². The number of hydrogen-bond donors (Lipinski definition) is 0. The molecule has 0 saturated carbocycles. The SMILES string of the molecule is CC[C@H]1/C=C/C[C@H](C)CC[C@H](C(C)C)CC1. The molecule has 1 aliphatic rings. The normalized spacial score (nSPS) is 34.9. The molecule has 0 N–H and O–H groups in total. The maximum Gasteiger partial charge on any atom is -0.0236 e. The zero-order valence-electron chi connectivity index (χ0n) is 11.7. The third-order valence-corrected chi connectivity index (χ3v) is 4.35. The lowest BCUT2D eigenvalue weighted by Crippen LogP contribution is -2.13. The first kappa shape index (κ1) is 13.8. The summed E-state index contributed by atoms with van der Waals surface area (Å²) in [5.41, 5.74) is 0. The predicted octanol–water partition coefficient (Wildman–Crippen LogP) is 5.44. The van der Waals surface area contributed by atoms with Gasteiger partial charge >= 0.3 is 0 Å². The fourth-order valence-electron chi connectivity index (χ4n) is 2.80. The van der Waals surface area contributed by atoms with Crippen LogP contribution in [0.3, 0.4) is 0 Å². The van der Waals surface area contributed by atoms with Gasteiger partial charge in [-0.05, 0) is 55.8 Å². The van der Waals surface area contributed by atoms with Gasteiger partial charge in [0, 0.05) is 0 Å². The highest BCUT2D eigenvalue weighted by Gasteiger charge is 2.17. The van der Waals surface area contributed by atoms with Gasteiger partial charge in [0.1, 0.15) is 0 Å². The van der Waals surface area contributed by atoms with E-state index in [0.717, 1.165) is 23.7 Å². The van der Waals surface area contributed by atoms with Gasteiger partial charge in [0.15, 0.2) is 0 Å². The smallest absolute Gasteiger partial charge is 0.0236 e. The Kier molecular flexibility index (Phi) is 6.16. The molecule has 1 rings (SSSR count). The lowest BCUT2D eigenvalue weighted by Gasteiger charge is -2.25. The summed E-state index contributed by atoms with van der Waals surface area (Å²) in [5.74, 6) is 3.55. The standard InChI is InChI=1S/C16H30/c1-5-15-8-6-7-14(4)9-11-16(12-10-15)13(2)3/h6,8,13-16H,5,7,9-12H2,1-4H3/b8-6+/t14-,15-,16-/m0/s1. The summed E-state index contributed by atoms with van der Waals surface area (Å²) in [6, 6.07) is 0. The Morgan fingerprint density at radius 2 is 1.81 bits per heavy atom. The molecule has 0 unspecified atom stereocenters. The van der Waals surface area contributed by atoms with Crippen molar-refractivity contribution >= 4 is 0 Å². The van der Waals surface area contributed by atoms with Crippen molar-refractivity contribution in [1.82, 2.24) is 0 Å². The summed E-state index contributed by atoms with van der Waals surface area (Å²) < 4.78 is 0. The molecule has 3 atom stereocenters. The van der Waals surface area contributed by atoms with Crippen molar-refractivity contribution in [3.63, 3.8) is 0 Å². The van der Waals surface area contributed by atoms with Crippen LogP contribution in [0.25, 0.3) is 0 Å². The second-order valence-electron chi connectivity index (χ2n) is 6.10. The van der Waals surface area contributed by atoms with Gasteiger partial charge in [0.2, 0.25) is 0 Å². The highest BCUT2D eigenvalue weighted by atomic mass is 14.2. The zero-order chi connectivity index (χ0) is 12.0. The van der Waals surface area contributed by atoms with Crippen LogP contribution in [0.4, 0.5) is 0 Å². The van der Waals surface area contributed by atoms with Crippen LogP contribution in [0.2, 0.25) is 0 Å². The number of rotatable bonds is 2. The van der Waals surface area contributed by atoms with Gasteiger partial charge in [0.05, 0.1) is 0 Å². The van der Waals surface area contributed by atoms with E-state index in [1.165, 1.54) is 38.5 Å². The second-order valence-corrected chi connectivity index (χ2v) is 6.10. The van der Waals surface area contributed by atoms with Crippen molar-refractivity contribution < 1.29 is 0 Å². The third kappa shape index (κ3) is 4.72. The minimum Gasteiger partial charge on any atom is -0.0880 e. The minimum atomic E-state index is 0.839. The summed E-state index contributed by atoms with van der Waals surface area (Å²) in [6.07, 6.45) is 13.2. The summed E-state index contributed by atoms with van der Waals surface area (Å²) in [7, 11) is 0. The lowest BCUT2D eigenvalue weighted by molar-refractivity contribution is 0.286. The topological polar surface area (TPSA) is 0 Å². The van der Waals surface area contributed by atoms with Crippen molar-refractivity contribution in [3.05, 3.63) is 12.2 Å². The molecule has 0 aromatic rings. The van der Waals surface area contributed by atoms with E-state index in [1.54, 1.807) is 0 Å². The van der Waals surface area contributed by atoms with Gasteiger partial charge in [-0.15, -0.1) is 0 Å². The maximum absolute atomic E-state index is 2.49. The summed E-state index contributed by atoms with van der Waals surface area (Å²) in [4.78, 5) is 0. The second kappa shape index (κ2) is 7.14. The van der Waals surface area contributed by atoms with Crippen LogP contribution >= 0.6 is 0 Å². The quantitative estimate of drug-likeness (QED) is 0.546. The van der Waals surface area contributed by atoms with Crippen LogP contribution in [0.5, 0.6) is 0 Å². The van der Waals surface area contributed by atoms with Crippen molar-refractivity contribution in [3.8, 4) is 0 Å². The minimum absolute atomic E-state index is 0.839. The van der Waals surface area contributed by atoms with E-state index in [1.807, 2.05) is 0 Å². The number of allylic oxidation sites excluding steroid dienone is 2. The Morgan fingerprint density at radius 3 is 2.44 bits per heavy atom. The van der Waals surface area contributed by atoms with Gasteiger partial charge in [0.25, 0.3) is 0 Å². The largest absolute Gasteiger partial charge is 0.0880 e. The third-order valence-electron chi connectivity index (χ3n) is 4.35. The van der Waals surface area contributed by atoms with Crippen molar-refractivity contribution in [2.24, 2.45) is 23.7 Å². The van der Waals surface area contributed by atoms with E-state index in [4.69, 9.17) is 0 Å². The van der Waals surface area contributed by atoms with Crippen LogP contribution in [-0.4, -0.2) is 0 Å². The highest BCUT2D eigenvalue weighted by Crippen LogP contribution is 2.29. The summed E-state index contributed by atoms with van der Waals surface area (Å²) in [5, 5.41) is 0. The van der Waals surface area contributed by atoms with Crippen LogP contribution in [0.1, 0.15) is 66.2 Å². The molecule has 0 amide bonds. The Labute approximate surface area is 103 Å². The molecule has 0 nitrogen and oxygen atoms in total. The van der Waals surface area contributed by atoms with Gasteiger partial charge in [-0.1, -0.05) is 46.3 Å². The molecule has 94 valence electrons. The molecule has 0 aromatic heterocycles. The highest BCUT2D eigenvalue weighted by molar-refractivity contribution is 4.90. The Hall–Kier alpha value is -0.260. The zero-order valence-corrected chi connectivity index (χ0v) is 11.7. The maximum atomic E-state index is 2.49. The van der Waals surface area contributed by atoms with E-state index in [-0.39, 0.29) is 0 Å². The average molecular weight is 222 g/mol. The predicted molar refractivity (Wildman–Crippen MR) is 73.5 cm³/mol. The number of hydrogen-bond acceptors (Lipinski definition) is 0. The van der Waals surface area contributed by atoms with Gasteiger partial charge < -0.3 is 0 Å². The Morgan fingerprint density at radius 1 is 1.12 bits per heavy atom. The molecule has 0 spiro atoms. The molecule has 16 heavy (non-hydrogen) atoms. The molecule has 0 fully saturated rings. The fraction of sp³-hybridized carbons (Fsp3) is 0.875. The van der Waals surface area contributed by atoms with Crippen LogP contribution in [0, 0.1) is 23.7 Å². The van der Waals surface area contributed by atoms with Gasteiger partial charge in [-0.2, -0.15) is 0 Å². The molecule has 0 heteroatoms. The molecule has 0 bridgehead atoms. The first-order valence-corrected chi connectivity index (χ1v) is 7.30. The van der Waals surface area contributed by atoms with Gasteiger partial charge in [-0.3, -0.25) is 0 Å². The molecule has 0 heterocycles. The Balaban J connectivity index is 2.59. The molecular weight excluding hydrogens is 192 g/mol. The van der Waals surface area contributed by atoms with E-state index in [9.17, 15) is 0 Å². The fourth-order valence-corrected chi connectivity index (χ4v) is 2.80. The van der Waals surface area contributed by atoms with E-state index < -0.39 is 0 Å².